The van der Waals surface area contributed by atoms with Gasteiger partial charge in [-0.3, -0.25) is 0 Å². The van der Waals surface area contributed by atoms with Gasteiger partial charge in [-0.05, 0) is 30.5 Å². The second-order valence-corrected chi connectivity index (χ2v) is 4.34. The van der Waals surface area contributed by atoms with Gasteiger partial charge in [-0.2, -0.15) is 0 Å². The summed E-state index contributed by atoms with van der Waals surface area (Å²) in [7, 11) is 0. The third-order valence-electron chi connectivity index (χ3n) is 2.92. The Labute approximate surface area is 100 Å². The maximum absolute atomic E-state index is 5.61. The summed E-state index contributed by atoms with van der Waals surface area (Å²) < 4.78 is 21.3. The molecule has 0 N–H and O–H groups in total. The van der Waals surface area contributed by atoms with Crippen molar-refractivity contribution in [2.24, 2.45) is 0 Å². The first-order valence-corrected chi connectivity index (χ1v) is 6.00. The Kier molecular flexibility index (Phi) is 3.16. The minimum atomic E-state index is 0.320. The summed E-state index contributed by atoms with van der Waals surface area (Å²) in [6.45, 7) is 2.67. The summed E-state index contributed by atoms with van der Waals surface area (Å²) in [4.78, 5) is 0. The van der Waals surface area contributed by atoms with Crippen molar-refractivity contribution in [2.75, 3.05) is 20.0 Å². The van der Waals surface area contributed by atoms with Crippen molar-refractivity contribution in [1.29, 1.82) is 0 Å². The molecule has 1 aromatic carbocycles. The molecule has 4 heteroatoms. The molecule has 1 unspecified atom stereocenters. The molecule has 3 rings (SSSR count). The quantitative estimate of drug-likeness (QED) is 0.560. The highest BCUT2D eigenvalue weighted by Crippen LogP contribution is 2.32. The van der Waals surface area contributed by atoms with Crippen molar-refractivity contribution in [3.05, 3.63) is 23.8 Å². The lowest BCUT2D eigenvalue weighted by Crippen LogP contribution is -1.97. The highest BCUT2D eigenvalue weighted by atomic mass is 16.7. The molecule has 0 aromatic heterocycles. The minimum Gasteiger partial charge on any atom is -0.454 e. The van der Waals surface area contributed by atoms with Crippen LogP contribution in [-0.2, 0) is 16.1 Å². The average molecular weight is 236 g/mol. The van der Waals surface area contributed by atoms with Crippen LogP contribution in [0.5, 0.6) is 11.5 Å². The summed E-state index contributed by atoms with van der Waals surface area (Å²) in [5.41, 5.74) is 1.12. The van der Waals surface area contributed by atoms with Gasteiger partial charge in [0, 0.05) is 6.61 Å². The van der Waals surface area contributed by atoms with Crippen LogP contribution < -0.4 is 9.47 Å². The van der Waals surface area contributed by atoms with Crippen molar-refractivity contribution >= 4 is 0 Å². The molecule has 2 heterocycles. The number of hydrogen-bond acceptors (Lipinski definition) is 4. The van der Waals surface area contributed by atoms with Gasteiger partial charge in [0.25, 0.3) is 0 Å². The van der Waals surface area contributed by atoms with Crippen molar-refractivity contribution in [2.45, 2.75) is 25.6 Å². The summed E-state index contributed by atoms with van der Waals surface area (Å²) in [5, 5.41) is 0. The second-order valence-electron chi connectivity index (χ2n) is 4.34. The summed E-state index contributed by atoms with van der Waals surface area (Å²) in [6.07, 6.45) is 2.68. The molecule has 17 heavy (non-hydrogen) atoms. The Morgan fingerprint density at radius 3 is 3.00 bits per heavy atom. The van der Waals surface area contributed by atoms with Gasteiger partial charge in [-0.25, -0.2) is 0 Å². The van der Waals surface area contributed by atoms with E-state index in [1.165, 1.54) is 0 Å². The van der Waals surface area contributed by atoms with Crippen molar-refractivity contribution < 1.29 is 18.9 Å². The van der Waals surface area contributed by atoms with Crippen LogP contribution in [0.15, 0.2) is 18.2 Å². The number of ether oxygens (including phenoxy) is 4. The van der Waals surface area contributed by atoms with E-state index in [4.69, 9.17) is 18.9 Å². The van der Waals surface area contributed by atoms with E-state index < -0.39 is 0 Å². The monoisotopic (exact) mass is 236 g/mol. The van der Waals surface area contributed by atoms with E-state index >= 15 is 0 Å². The van der Waals surface area contributed by atoms with Gasteiger partial charge in [-0.15, -0.1) is 0 Å². The molecular weight excluding hydrogens is 220 g/mol. The Bertz CT molecular complexity index is 387. The van der Waals surface area contributed by atoms with Crippen molar-refractivity contribution in [3.63, 3.8) is 0 Å². The fourth-order valence-corrected chi connectivity index (χ4v) is 1.87. The molecule has 2 aliphatic heterocycles. The van der Waals surface area contributed by atoms with Crippen molar-refractivity contribution in [1.82, 2.24) is 0 Å². The Morgan fingerprint density at radius 1 is 1.24 bits per heavy atom. The summed E-state index contributed by atoms with van der Waals surface area (Å²) >= 11 is 0. The molecule has 1 atom stereocenters. The maximum Gasteiger partial charge on any atom is 0.231 e. The van der Waals surface area contributed by atoms with E-state index in [2.05, 4.69) is 0 Å². The van der Waals surface area contributed by atoms with Crippen LogP contribution in [-0.4, -0.2) is 26.1 Å². The zero-order valence-electron chi connectivity index (χ0n) is 9.69. The molecular formula is C13H16O4. The minimum absolute atomic E-state index is 0.320. The fraction of sp³-hybridized carbons (Fsp3) is 0.538. The first kappa shape index (κ1) is 10.9. The topological polar surface area (TPSA) is 40.2 Å². The van der Waals surface area contributed by atoms with E-state index in [-0.39, 0.29) is 0 Å². The lowest BCUT2D eigenvalue weighted by molar-refractivity contribution is 0.115. The molecule has 2 aliphatic rings. The zero-order chi connectivity index (χ0) is 11.5. The number of fused-ring (bicyclic) bond motifs is 1. The van der Waals surface area contributed by atoms with Gasteiger partial charge in [0.2, 0.25) is 6.79 Å². The molecule has 0 aliphatic carbocycles. The van der Waals surface area contributed by atoms with Crippen LogP contribution in [0, 0.1) is 0 Å². The van der Waals surface area contributed by atoms with Gasteiger partial charge in [0.15, 0.2) is 11.5 Å². The van der Waals surface area contributed by atoms with Crippen LogP contribution in [0.25, 0.3) is 0 Å². The molecule has 0 bridgehead atoms. The van der Waals surface area contributed by atoms with Crippen molar-refractivity contribution in [3.8, 4) is 11.5 Å². The molecule has 0 amide bonds. The molecule has 4 nitrogen and oxygen atoms in total. The van der Waals surface area contributed by atoms with E-state index in [1.807, 2.05) is 18.2 Å². The van der Waals surface area contributed by atoms with Gasteiger partial charge in [0.1, 0.15) is 0 Å². The van der Waals surface area contributed by atoms with Gasteiger partial charge in [-0.1, -0.05) is 6.07 Å². The first-order chi connectivity index (χ1) is 8.42. The van der Waals surface area contributed by atoms with E-state index in [0.29, 0.717) is 19.5 Å². The maximum atomic E-state index is 5.61. The van der Waals surface area contributed by atoms with E-state index in [1.54, 1.807) is 0 Å². The number of benzene rings is 1. The Balaban J connectivity index is 1.41. The first-order valence-electron chi connectivity index (χ1n) is 6.00. The number of epoxide rings is 1. The van der Waals surface area contributed by atoms with Crippen LogP contribution >= 0.6 is 0 Å². The predicted molar refractivity (Wildman–Crippen MR) is 61.2 cm³/mol. The molecule has 1 saturated heterocycles. The van der Waals surface area contributed by atoms with Gasteiger partial charge in [0.05, 0.1) is 19.3 Å². The highest BCUT2D eigenvalue weighted by Gasteiger charge is 2.21. The third kappa shape index (κ3) is 2.90. The number of hydrogen-bond donors (Lipinski definition) is 0. The van der Waals surface area contributed by atoms with Crippen LogP contribution in [0.1, 0.15) is 18.4 Å². The number of rotatable bonds is 6. The predicted octanol–water partition coefficient (Wildman–Crippen LogP) is 2.11. The second kappa shape index (κ2) is 4.94. The standard InChI is InChI=1S/C13H16O4/c1(2-11-8-15-11)5-14-7-10-3-4-12-13(6-10)17-9-16-12/h3-4,6,11H,1-2,5,7-9H2. The normalized spacial score (nSPS) is 20.6. The van der Waals surface area contributed by atoms with Crippen LogP contribution in [0.4, 0.5) is 0 Å². The Morgan fingerprint density at radius 2 is 2.12 bits per heavy atom. The van der Waals surface area contributed by atoms with Gasteiger partial charge < -0.3 is 18.9 Å². The molecule has 0 saturated carbocycles. The van der Waals surface area contributed by atoms with E-state index in [9.17, 15) is 0 Å². The SMILES string of the molecule is c1cc2c(cc1COCCCC1CO1)OCO2. The Hall–Kier alpha value is -1.26. The van der Waals surface area contributed by atoms with Gasteiger partial charge >= 0.3 is 0 Å². The molecule has 0 radical (unpaired) electrons. The fourth-order valence-electron chi connectivity index (χ4n) is 1.87. The molecule has 1 aromatic rings. The van der Waals surface area contributed by atoms with Crippen LogP contribution in [0.2, 0.25) is 0 Å². The molecule has 1 fully saturated rings. The summed E-state index contributed by atoms with van der Waals surface area (Å²) in [5.74, 6) is 1.64. The molecule has 92 valence electrons. The van der Waals surface area contributed by atoms with Crippen LogP contribution in [0.3, 0.4) is 0 Å². The lowest BCUT2D eigenvalue weighted by atomic mass is 10.2. The average Bonchev–Trinajstić information content (AvgIpc) is 3.05. The smallest absolute Gasteiger partial charge is 0.231 e. The largest absolute Gasteiger partial charge is 0.454 e. The third-order valence-corrected chi connectivity index (χ3v) is 2.92. The highest BCUT2D eigenvalue weighted by molar-refractivity contribution is 5.44. The zero-order valence-corrected chi connectivity index (χ0v) is 9.69. The lowest BCUT2D eigenvalue weighted by Gasteiger charge is -2.04. The van der Waals surface area contributed by atoms with E-state index in [0.717, 1.165) is 43.1 Å². The summed E-state index contributed by atoms with van der Waals surface area (Å²) in [6, 6.07) is 5.92. The molecule has 0 spiro atoms.